The van der Waals surface area contributed by atoms with Gasteiger partial charge in [-0.3, -0.25) is 19.8 Å². The minimum Gasteiger partial charge on any atom is -0.493 e. The molecule has 5 aromatic rings. The molecule has 11 nitrogen and oxygen atoms in total. The zero-order chi connectivity index (χ0) is 39.9. The van der Waals surface area contributed by atoms with Crippen molar-refractivity contribution >= 4 is 50.3 Å². The number of fused-ring (bicyclic) bond motifs is 2. The Morgan fingerprint density at radius 2 is 1.72 bits per heavy atom. The minimum atomic E-state index is -0.759. The number of nitrogens with one attached hydrogen (secondary N) is 1. The first-order valence-electron chi connectivity index (χ1n) is 19.8. The molecular formula is C45H49N5O6S. The lowest BCUT2D eigenvalue weighted by atomic mass is 9.58. The van der Waals surface area contributed by atoms with Crippen molar-refractivity contribution in [3.05, 3.63) is 101 Å². The van der Waals surface area contributed by atoms with E-state index in [9.17, 15) is 14.4 Å². The number of para-hydroxylation sites is 1. The summed E-state index contributed by atoms with van der Waals surface area (Å²) >= 11 is 1.45. The van der Waals surface area contributed by atoms with Crippen LogP contribution in [0.1, 0.15) is 84.0 Å². The second-order valence-corrected chi connectivity index (χ2v) is 17.9. The maximum atomic E-state index is 13.8. The van der Waals surface area contributed by atoms with E-state index in [0.717, 1.165) is 83.4 Å². The highest BCUT2D eigenvalue weighted by atomic mass is 32.1. The second-order valence-electron chi connectivity index (χ2n) is 16.9. The number of hydrogen-bond acceptors (Lipinski definition) is 10. The third-order valence-corrected chi connectivity index (χ3v) is 12.5. The molecular weight excluding hydrogens is 739 g/mol. The molecule has 4 heterocycles. The van der Waals surface area contributed by atoms with Crippen LogP contribution < -0.4 is 15.0 Å². The van der Waals surface area contributed by atoms with E-state index in [-0.39, 0.29) is 18.1 Å². The van der Waals surface area contributed by atoms with Crippen molar-refractivity contribution < 1.29 is 29.0 Å². The van der Waals surface area contributed by atoms with Gasteiger partial charge in [-0.05, 0) is 149 Å². The van der Waals surface area contributed by atoms with Gasteiger partial charge in [-0.25, -0.2) is 14.8 Å². The number of rotatable bonds is 10. The summed E-state index contributed by atoms with van der Waals surface area (Å²) in [4.78, 5) is 52.3. The first-order valence-corrected chi connectivity index (χ1v) is 20.6. The molecule has 0 radical (unpaired) electrons. The van der Waals surface area contributed by atoms with Crippen molar-refractivity contribution in [3.63, 3.8) is 0 Å². The van der Waals surface area contributed by atoms with Crippen LogP contribution in [0.15, 0.2) is 72.8 Å². The summed E-state index contributed by atoms with van der Waals surface area (Å²) in [5.74, 6) is 0.435. The number of nitrogens with zero attached hydrogens (tertiary/aromatic N) is 4. The number of anilines is 2. The third kappa shape index (κ3) is 8.52. The fourth-order valence-electron chi connectivity index (χ4n) is 8.71. The molecule has 1 saturated carbocycles. The van der Waals surface area contributed by atoms with Crippen LogP contribution in [0.3, 0.4) is 0 Å². The van der Waals surface area contributed by atoms with Crippen LogP contribution in [-0.2, 0) is 22.5 Å². The average Bonchev–Trinajstić information content (AvgIpc) is 3.58. The Balaban J connectivity index is 0.977. The number of hydrogen-bond donors (Lipinski definition) is 2. The standard InChI is InChI=1S/C45H49N5O6S/c1-28-22-31(55-27-29-23-45(24-29)17-20-49(21-18-45)26-39(51)52)12-13-32(28)33-14-15-38(47-40(33)42(54)56-44(2,3)4)50-19-16-30-8-7-9-34(35(30)25-50)41(53)48-43-46-36-10-5-6-11-37(36)57-43/h5-15,22,29H,16-21,23-27H2,1-4H3,(H,51,52)(H,46,48,53). The fourth-order valence-corrected chi connectivity index (χ4v) is 9.57. The van der Waals surface area contributed by atoms with Gasteiger partial charge in [-0.2, -0.15) is 0 Å². The number of amides is 1. The maximum Gasteiger partial charge on any atom is 0.358 e. The van der Waals surface area contributed by atoms with Crippen LogP contribution in [-0.4, -0.2) is 76.2 Å². The quantitative estimate of drug-likeness (QED) is 0.133. The zero-order valence-corrected chi connectivity index (χ0v) is 33.8. The molecule has 2 N–H and O–H groups in total. The number of carboxylic acids is 1. The lowest BCUT2D eigenvalue weighted by Crippen LogP contribution is -2.49. The molecule has 2 aliphatic heterocycles. The van der Waals surface area contributed by atoms with E-state index in [1.165, 1.54) is 11.3 Å². The van der Waals surface area contributed by atoms with Gasteiger partial charge in [0.2, 0.25) is 0 Å². The van der Waals surface area contributed by atoms with Crippen LogP contribution in [0.2, 0.25) is 0 Å². The Kier molecular flexibility index (Phi) is 10.5. The van der Waals surface area contributed by atoms with E-state index >= 15 is 0 Å². The topological polar surface area (TPSA) is 134 Å². The number of likely N-dealkylation sites (tertiary alicyclic amines) is 1. The highest BCUT2D eigenvalue weighted by molar-refractivity contribution is 7.22. The Morgan fingerprint density at radius 1 is 0.947 bits per heavy atom. The van der Waals surface area contributed by atoms with E-state index in [2.05, 4.69) is 21.3 Å². The van der Waals surface area contributed by atoms with Gasteiger partial charge in [0.25, 0.3) is 5.91 Å². The molecule has 57 heavy (non-hydrogen) atoms. The number of piperidine rings is 1. The number of aliphatic carboxylic acids is 1. The van der Waals surface area contributed by atoms with Crippen LogP contribution in [0.25, 0.3) is 21.3 Å². The molecule has 3 aromatic carbocycles. The number of ether oxygens (including phenoxy) is 2. The minimum absolute atomic E-state index is 0.126. The Bertz CT molecular complexity index is 2300. The molecule has 2 aromatic heterocycles. The number of pyridine rings is 1. The van der Waals surface area contributed by atoms with Crippen molar-refractivity contribution in [1.82, 2.24) is 14.9 Å². The molecule has 296 valence electrons. The number of benzene rings is 3. The van der Waals surface area contributed by atoms with Gasteiger partial charge in [-0.1, -0.05) is 41.7 Å². The van der Waals surface area contributed by atoms with Crippen molar-refractivity contribution in [2.45, 2.75) is 71.9 Å². The van der Waals surface area contributed by atoms with E-state index in [1.54, 1.807) is 0 Å². The molecule has 1 saturated heterocycles. The summed E-state index contributed by atoms with van der Waals surface area (Å²) < 4.78 is 13.2. The molecule has 0 unspecified atom stereocenters. The number of carbonyl (C=O) groups excluding carboxylic acids is 2. The number of carbonyl (C=O) groups is 3. The molecule has 3 aliphatic rings. The normalized spacial score (nSPS) is 16.9. The monoisotopic (exact) mass is 787 g/mol. The maximum absolute atomic E-state index is 13.8. The fraction of sp³-hybridized carbons (Fsp3) is 0.400. The summed E-state index contributed by atoms with van der Waals surface area (Å²) in [7, 11) is 0. The van der Waals surface area contributed by atoms with Crippen LogP contribution in [0.5, 0.6) is 5.75 Å². The molecule has 1 spiro atoms. The average molecular weight is 788 g/mol. The third-order valence-electron chi connectivity index (χ3n) is 11.5. The first kappa shape index (κ1) is 38.5. The van der Waals surface area contributed by atoms with E-state index in [4.69, 9.17) is 19.6 Å². The first-order chi connectivity index (χ1) is 27.3. The van der Waals surface area contributed by atoms with Crippen molar-refractivity contribution in [1.29, 1.82) is 0 Å². The van der Waals surface area contributed by atoms with Gasteiger partial charge in [0.15, 0.2) is 10.8 Å². The number of aryl methyl sites for hydroxylation is 1. The molecule has 8 rings (SSSR count). The number of carboxylic acid groups (broad SMARTS) is 1. The summed E-state index contributed by atoms with van der Waals surface area (Å²) in [5.41, 5.74) is 5.83. The Labute approximate surface area is 337 Å². The van der Waals surface area contributed by atoms with Crippen LogP contribution in [0.4, 0.5) is 10.9 Å². The number of thiazole rings is 1. The van der Waals surface area contributed by atoms with Gasteiger partial charge in [0, 0.05) is 24.2 Å². The highest BCUT2D eigenvalue weighted by Crippen LogP contribution is 2.52. The lowest BCUT2D eigenvalue weighted by molar-refractivity contribution is -0.139. The number of aromatic nitrogens is 2. The summed E-state index contributed by atoms with van der Waals surface area (Å²) in [6.45, 7) is 11.1. The van der Waals surface area contributed by atoms with E-state index in [0.29, 0.717) is 53.1 Å². The zero-order valence-electron chi connectivity index (χ0n) is 33.0. The van der Waals surface area contributed by atoms with Gasteiger partial charge in [0.05, 0.1) is 23.4 Å². The highest BCUT2D eigenvalue weighted by Gasteiger charge is 2.46. The molecule has 0 atom stereocenters. The molecule has 1 aliphatic carbocycles. The van der Waals surface area contributed by atoms with Crippen LogP contribution in [0, 0.1) is 18.3 Å². The van der Waals surface area contributed by atoms with E-state index in [1.807, 2.05) is 99.3 Å². The molecule has 2 fully saturated rings. The largest absolute Gasteiger partial charge is 0.493 e. The predicted molar refractivity (Wildman–Crippen MR) is 222 cm³/mol. The van der Waals surface area contributed by atoms with Crippen molar-refractivity contribution in [2.75, 3.05) is 43.0 Å². The van der Waals surface area contributed by atoms with Gasteiger partial charge in [-0.15, -0.1) is 0 Å². The summed E-state index contributed by atoms with van der Waals surface area (Å²) in [5, 5.41) is 12.7. The van der Waals surface area contributed by atoms with Gasteiger partial charge < -0.3 is 19.5 Å². The summed E-state index contributed by atoms with van der Waals surface area (Å²) in [6, 6.07) is 23.5. The van der Waals surface area contributed by atoms with E-state index < -0.39 is 17.5 Å². The Hall–Kier alpha value is -5.33. The van der Waals surface area contributed by atoms with Crippen LogP contribution >= 0.6 is 11.3 Å². The SMILES string of the molecule is Cc1cc(OCC2CC3(CCN(CC(=O)O)CC3)C2)ccc1-c1ccc(N2CCc3cccc(C(=O)Nc4nc5ccccc5s4)c3C2)nc1C(=O)OC(C)(C)C. The molecule has 12 heteroatoms. The smallest absolute Gasteiger partial charge is 0.358 e. The Morgan fingerprint density at radius 3 is 2.46 bits per heavy atom. The van der Waals surface area contributed by atoms with Crippen molar-refractivity contribution in [2.24, 2.45) is 11.3 Å². The summed E-state index contributed by atoms with van der Waals surface area (Å²) in [6.07, 6.45) is 5.04. The van der Waals surface area contributed by atoms with Gasteiger partial charge >= 0.3 is 11.9 Å². The number of esters is 1. The van der Waals surface area contributed by atoms with Crippen molar-refractivity contribution in [3.8, 4) is 16.9 Å². The lowest BCUT2D eigenvalue weighted by Gasteiger charge is -2.52. The molecule has 1 amide bonds. The van der Waals surface area contributed by atoms with Gasteiger partial charge in [0.1, 0.15) is 17.2 Å². The second kappa shape index (κ2) is 15.5. The predicted octanol–water partition coefficient (Wildman–Crippen LogP) is 8.39. The molecule has 0 bridgehead atoms.